The van der Waals surface area contributed by atoms with Gasteiger partial charge in [-0.25, -0.2) is 0 Å². The van der Waals surface area contributed by atoms with Gasteiger partial charge < -0.3 is 5.32 Å². The first-order chi connectivity index (χ1) is 5.24. The fourth-order valence-electron chi connectivity index (χ4n) is 0.630. The van der Waals surface area contributed by atoms with Crippen molar-refractivity contribution in [2.45, 2.75) is 19.4 Å². The largest absolute Gasteiger partial charge is 0.313 e. The molecule has 64 valence electrons. The molecule has 1 atom stereocenters. The van der Waals surface area contributed by atoms with Crippen LogP contribution in [0.3, 0.4) is 0 Å². The lowest BCUT2D eigenvalue weighted by Crippen LogP contribution is -2.20. The van der Waals surface area contributed by atoms with Crippen molar-refractivity contribution in [3.63, 3.8) is 0 Å². The molecule has 0 aliphatic heterocycles. The minimum Gasteiger partial charge on any atom is -0.313 e. The minimum absolute atomic E-state index is 0.440. The first kappa shape index (κ1) is 11.3. The lowest BCUT2D eigenvalue weighted by Gasteiger charge is -2.04. The van der Waals surface area contributed by atoms with E-state index in [0.717, 1.165) is 10.2 Å². The molecule has 0 aromatic heterocycles. The third-order valence-corrected chi connectivity index (χ3v) is 3.06. The lowest BCUT2D eigenvalue weighted by atomic mass is 10.2. The van der Waals surface area contributed by atoms with Gasteiger partial charge in [-0.05, 0) is 41.7 Å². The number of nitrogens with one attached hydrogen (secondary N) is 1. The highest BCUT2D eigenvalue weighted by Crippen LogP contribution is 2.16. The molecule has 11 heavy (non-hydrogen) atoms. The molecule has 0 saturated carbocycles. The van der Waals surface area contributed by atoms with Gasteiger partial charge >= 0.3 is 0 Å². The second kappa shape index (κ2) is 6.99. The van der Waals surface area contributed by atoms with Crippen LogP contribution in [-0.4, -0.2) is 19.3 Å². The predicted octanol–water partition coefficient (Wildman–Crippen LogP) is 2.74. The average molecular weight is 236 g/mol. The van der Waals surface area contributed by atoms with Crippen molar-refractivity contribution in [2.24, 2.45) is 0 Å². The van der Waals surface area contributed by atoms with Crippen molar-refractivity contribution >= 4 is 27.7 Å². The summed E-state index contributed by atoms with van der Waals surface area (Å²) in [7, 11) is 1.96. The zero-order valence-corrected chi connectivity index (χ0v) is 9.55. The molecule has 1 unspecified atom stereocenters. The second-order valence-corrected chi connectivity index (χ2v) is 4.23. The highest BCUT2D eigenvalue weighted by Gasteiger charge is 1.94. The zero-order chi connectivity index (χ0) is 8.69. The second-order valence-electron chi connectivity index (χ2n) is 2.09. The molecular weight excluding hydrogens is 222 g/mol. The molecule has 1 nitrogen and oxygen atoms in total. The summed E-state index contributed by atoms with van der Waals surface area (Å²) < 4.78 is 1.05. The summed E-state index contributed by atoms with van der Waals surface area (Å²) in [6.07, 6.45) is 5.16. The van der Waals surface area contributed by atoms with Gasteiger partial charge in [-0.15, -0.1) is 17.5 Å². The van der Waals surface area contributed by atoms with Crippen LogP contribution in [0, 0.1) is 0 Å². The molecule has 0 saturated heterocycles. The van der Waals surface area contributed by atoms with Gasteiger partial charge in [0.05, 0.1) is 3.81 Å². The van der Waals surface area contributed by atoms with Crippen LogP contribution < -0.4 is 5.32 Å². The van der Waals surface area contributed by atoms with Crippen molar-refractivity contribution in [1.29, 1.82) is 0 Å². The Morgan fingerprint density at radius 3 is 2.82 bits per heavy atom. The van der Waals surface area contributed by atoms with E-state index < -0.39 is 0 Å². The average Bonchev–Trinajstić information content (AvgIpc) is 2.06. The highest BCUT2D eigenvalue weighted by atomic mass is 79.9. The monoisotopic (exact) mass is 235 g/mol. The summed E-state index contributed by atoms with van der Waals surface area (Å²) in [6, 6.07) is 0.440. The first-order valence-corrected chi connectivity index (χ1v) is 5.60. The quantitative estimate of drug-likeness (QED) is 0.753. The van der Waals surface area contributed by atoms with Crippen LogP contribution in [-0.2, 0) is 0 Å². The van der Waals surface area contributed by atoms with E-state index in [4.69, 9.17) is 0 Å². The Balaban J connectivity index is 4.06. The van der Waals surface area contributed by atoms with E-state index in [0.29, 0.717) is 6.04 Å². The topological polar surface area (TPSA) is 12.0 Å². The van der Waals surface area contributed by atoms with Crippen LogP contribution in [0.15, 0.2) is 15.6 Å². The Labute approximate surface area is 81.5 Å². The molecule has 3 heteroatoms. The summed E-state index contributed by atoms with van der Waals surface area (Å²) in [5.74, 6) is 0. The Kier molecular flexibility index (Phi) is 7.18. The Morgan fingerprint density at radius 1 is 1.82 bits per heavy atom. The predicted molar refractivity (Wildman–Crippen MR) is 57.2 cm³/mol. The molecule has 1 N–H and O–H groups in total. The highest BCUT2D eigenvalue weighted by molar-refractivity contribution is 9.14. The maximum Gasteiger partial charge on any atom is 0.0918 e. The fraction of sp³-hybridized carbons (Fsp3) is 0.625. The smallest absolute Gasteiger partial charge is 0.0918 e. The number of thioether (sulfide) groups is 1. The summed E-state index contributed by atoms with van der Waals surface area (Å²) >= 11 is 5.02. The van der Waals surface area contributed by atoms with E-state index in [1.807, 2.05) is 19.4 Å². The molecule has 0 bridgehead atoms. The van der Waals surface area contributed by atoms with Gasteiger partial charge in [0.1, 0.15) is 0 Å². The SMILES string of the molecule is CCC(C=C=C(Br)SC)NC. The minimum atomic E-state index is 0.440. The van der Waals surface area contributed by atoms with Gasteiger partial charge in [-0.1, -0.05) is 6.92 Å². The molecule has 0 rings (SSSR count). The third kappa shape index (κ3) is 5.57. The Bertz CT molecular complexity index is 157. The van der Waals surface area contributed by atoms with Crippen molar-refractivity contribution in [2.75, 3.05) is 13.3 Å². The van der Waals surface area contributed by atoms with E-state index in [2.05, 4.69) is 33.9 Å². The number of hydrogen-bond donors (Lipinski definition) is 1. The van der Waals surface area contributed by atoms with Crippen molar-refractivity contribution in [1.82, 2.24) is 5.32 Å². The van der Waals surface area contributed by atoms with Crippen molar-refractivity contribution < 1.29 is 0 Å². The number of likely N-dealkylation sites (N-methyl/N-ethyl adjacent to an activating group) is 1. The van der Waals surface area contributed by atoms with Crippen molar-refractivity contribution in [3.05, 3.63) is 15.6 Å². The molecule has 0 aromatic rings. The molecular formula is C8H14BrNS. The standard InChI is InChI=1S/C8H14BrNS/c1-4-7(10-2)5-6-8(9)11-3/h5,7,10H,4H2,1-3H3. The number of rotatable bonds is 4. The van der Waals surface area contributed by atoms with E-state index >= 15 is 0 Å². The number of hydrogen-bond acceptors (Lipinski definition) is 2. The van der Waals surface area contributed by atoms with Gasteiger partial charge in [0.25, 0.3) is 0 Å². The first-order valence-electron chi connectivity index (χ1n) is 3.58. The maximum absolute atomic E-state index is 3.37. The van der Waals surface area contributed by atoms with Crippen LogP contribution in [0.25, 0.3) is 0 Å². The summed E-state index contributed by atoms with van der Waals surface area (Å²) in [4.78, 5) is 0. The molecule has 0 spiro atoms. The van der Waals surface area contributed by atoms with E-state index in [9.17, 15) is 0 Å². The van der Waals surface area contributed by atoms with Gasteiger partial charge in [0.2, 0.25) is 0 Å². The molecule has 0 heterocycles. The van der Waals surface area contributed by atoms with E-state index in [-0.39, 0.29) is 0 Å². The van der Waals surface area contributed by atoms with Crippen LogP contribution in [0.4, 0.5) is 0 Å². The zero-order valence-electron chi connectivity index (χ0n) is 7.15. The van der Waals surface area contributed by atoms with Crippen LogP contribution in [0.2, 0.25) is 0 Å². The van der Waals surface area contributed by atoms with Gasteiger partial charge in [-0.2, -0.15) is 0 Å². The molecule has 0 amide bonds. The summed E-state index contributed by atoms with van der Waals surface area (Å²) in [5, 5.41) is 3.17. The molecule has 0 aliphatic carbocycles. The summed E-state index contributed by atoms with van der Waals surface area (Å²) in [5.41, 5.74) is 3.14. The Morgan fingerprint density at radius 2 is 2.45 bits per heavy atom. The third-order valence-electron chi connectivity index (χ3n) is 1.39. The van der Waals surface area contributed by atoms with Gasteiger partial charge in [-0.3, -0.25) is 0 Å². The van der Waals surface area contributed by atoms with E-state index in [1.165, 1.54) is 0 Å². The molecule has 0 aliphatic rings. The molecule has 0 radical (unpaired) electrons. The van der Waals surface area contributed by atoms with Gasteiger partial charge in [0.15, 0.2) is 0 Å². The summed E-state index contributed by atoms with van der Waals surface area (Å²) in [6.45, 7) is 2.15. The maximum atomic E-state index is 3.37. The van der Waals surface area contributed by atoms with Gasteiger partial charge in [0, 0.05) is 6.04 Å². The van der Waals surface area contributed by atoms with Crippen LogP contribution in [0.1, 0.15) is 13.3 Å². The molecule has 0 fully saturated rings. The normalized spacial score (nSPS) is 12.0. The number of halogens is 1. The van der Waals surface area contributed by atoms with Crippen molar-refractivity contribution in [3.8, 4) is 0 Å². The molecule has 0 aromatic carbocycles. The van der Waals surface area contributed by atoms with E-state index in [1.54, 1.807) is 11.8 Å². The fourth-order valence-corrected chi connectivity index (χ4v) is 0.948. The van der Waals surface area contributed by atoms with Crippen LogP contribution >= 0.6 is 27.7 Å². The Hall–Kier alpha value is 0.310. The lowest BCUT2D eigenvalue weighted by molar-refractivity contribution is 0.648. The van der Waals surface area contributed by atoms with Crippen LogP contribution in [0.5, 0.6) is 0 Å².